The molecule has 1 aromatic rings. The average molecular weight is 206 g/mol. The van der Waals surface area contributed by atoms with Crippen molar-refractivity contribution in [2.45, 2.75) is 4.90 Å². The molecule has 0 aliphatic heterocycles. The van der Waals surface area contributed by atoms with E-state index in [-0.39, 0.29) is 12.5 Å². The number of hydrogen-bond donors (Lipinski definition) is 2. The Balaban J connectivity index is 2.45. The van der Waals surface area contributed by atoms with Gasteiger partial charge in [-0.05, 0) is 36.2 Å². The molecule has 0 saturated carbocycles. The highest BCUT2D eigenvalue weighted by atomic mass is 32.2. The molecule has 0 aliphatic carbocycles. The van der Waals surface area contributed by atoms with E-state index in [0.717, 1.165) is 10.5 Å². The monoisotopic (exact) mass is 206 g/mol. The molecule has 0 spiro atoms. The number of terminal acetylenes is 1. The Morgan fingerprint density at radius 1 is 1.50 bits per heavy atom. The summed E-state index contributed by atoms with van der Waals surface area (Å²) in [6, 6.07) is 7.45. The van der Waals surface area contributed by atoms with Crippen molar-refractivity contribution >= 4 is 17.9 Å². The van der Waals surface area contributed by atoms with E-state index in [1.165, 1.54) is 11.9 Å². The number of primary amides is 1. The van der Waals surface area contributed by atoms with E-state index < -0.39 is 0 Å². The summed E-state index contributed by atoms with van der Waals surface area (Å²) in [4.78, 5) is 11.4. The van der Waals surface area contributed by atoms with Crippen LogP contribution < -0.4 is 10.5 Å². The SMILES string of the molecule is C#Cc1ccc(SNCC(N)=O)cc1. The lowest BCUT2D eigenvalue weighted by atomic mass is 10.2. The number of amides is 1. The number of hydrogen-bond acceptors (Lipinski definition) is 3. The molecule has 0 unspecified atom stereocenters. The third-order valence-corrected chi connectivity index (χ3v) is 2.25. The van der Waals surface area contributed by atoms with Gasteiger partial charge in [0.05, 0.1) is 6.54 Å². The van der Waals surface area contributed by atoms with Crippen LogP contribution in [0.15, 0.2) is 29.2 Å². The van der Waals surface area contributed by atoms with Crippen LogP contribution in [0.3, 0.4) is 0 Å². The first-order valence-electron chi connectivity index (χ1n) is 3.97. The van der Waals surface area contributed by atoms with Crippen LogP contribution in [0.25, 0.3) is 0 Å². The lowest BCUT2D eigenvalue weighted by Crippen LogP contribution is -2.23. The molecule has 0 heterocycles. The van der Waals surface area contributed by atoms with Gasteiger partial charge < -0.3 is 5.73 Å². The minimum absolute atomic E-state index is 0.154. The van der Waals surface area contributed by atoms with Gasteiger partial charge in [0.2, 0.25) is 5.91 Å². The standard InChI is InChI=1S/C10H10N2OS/c1-2-8-3-5-9(6-4-8)14-12-7-10(11)13/h1,3-6,12H,7H2,(H2,11,13). The molecule has 0 fully saturated rings. The lowest BCUT2D eigenvalue weighted by Gasteiger charge is -2.01. The first-order chi connectivity index (χ1) is 6.72. The van der Waals surface area contributed by atoms with Gasteiger partial charge in [0, 0.05) is 10.5 Å². The molecule has 3 nitrogen and oxygen atoms in total. The summed E-state index contributed by atoms with van der Waals surface area (Å²) in [5.74, 6) is 2.15. The molecule has 3 N–H and O–H groups in total. The van der Waals surface area contributed by atoms with Crippen molar-refractivity contribution in [3.8, 4) is 12.3 Å². The zero-order chi connectivity index (χ0) is 10.4. The summed E-state index contributed by atoms with van der Waals surface area (Å²) < 4.78 is 2.83. The highest BCUT2D eigenvalue weighted by Gasteiger charge is 1.95. The van der Waals surface area contributed by atoms with E-state index in [2.05, 4.69) is 10.6 Å². The van der Waals surface area contributed by atoms with Crippen molar-refractivity contribution in [2.24, 2.45) is 5.73 Å². The van der Waals surface area contributed by atoms with Gasteiger partial charge in [-0.3, -0.25) is 9.52 Å². The van der Waals surface area contributed by atoms with Crippen molar-refractivity contribution in [1.29, 1.82) is 0 Å². The fraction of sp³-hybridized carbons (Fsp3) is 0.100. The van der Waals surface area contributed by atoms with E-state index in [4.69, 9.17) is 12.2 Å². The summed E-state index contributed by atoms with van der Waals surface area (Å²) in [6.07, 6.45) is 5.21. The molecule has 0 atom stereocenters. The van der Waals surface area contributed by atoms with Crippen molar-refractivity contribution < 1.29 is 4.79 Å². The fourth-order valence-corrected chi connectivity index (χ4v) is 1.46. The molecule has 72 valence electrons. The van der Waals surface area contributed by atoms with Gasteiger partial charge in [0.25, 0.3) is 0 Å². The maximum atomic E-state index is 10.4. The van der Waals surface area contributed by atoms with Gasteiger partial charge >= 0.3 is 0 Å². The number of nitrogens with one attached hydrogen (secondary N) is 1. The third kappa shape index (κ3) is 3.52. The number of carbonyl (C=O) groups is 1. The van der Waals surface area contributed by atoms with Crippen LogP contribution in [-0.4, -0.2) is 12.5 Å². The molecule has 0 aromatic heterocycles. The van der Waals surface area contributed by atoms with Crippen LogP contribution >= 0.6 is 11.9 Å². The van der Waals surface area contributed by atoms with Crippen LogP contribution in [0.2, 0.25) is 0 Å². The smallest absolute Gasteiger partial charge is 0.232 e. The van der Waals surface area contributed by atoms with Gasteiger partial charge in [-0.2, -0.15) is 0 Å². The fourth-order valence-electron chi connectivity index (χ4n) is 0.810. The van der Waals surface area contributed by atoms with Crippen LogP contribution in [0.1, 0.15) is 5.56 Å². The first-order valence-corrected chi connectivity index (χ1v) is 4.78. The van der Waals surface area contributed by atoms with Crippen LogP contribution in [0.4, 0.5) is 0 Å². The number of carbonyl (C=O) groups excluding carboxylic acids is 1. The van der Waals surface area contributed by atoms with Crippen molar-refractivity contribution in [3.05, 3.63) is 29.8 Å². The maximum absolute atomic E-state index is 10.4. The van der Waals surface area contributed by atoms with E-state index in [0.29, 0.717) is 0 Å². The molecular weight excluding hydrogens is 196 g/mol. The highest BCUT2D eigenvalue weighted by Crippen LogP contribution is 2.14. The molecule has 1 amide bonds. The van der Waals surface area contributed by atoms with Gasteiger partial charge in [-0.15, -0.1) is 6.42 Å². The Morgan fingerprint density at radius 2 is 2.14 bits per heavy atom. The third-order valence-electron chi connectivity index (χ3n) is 1.46. The highest BCUT2D eigenvalue weighted by molar-refractivity contribution is 7.97. The van der Waals surface area contributed by atoms with Crippen LogP contribution in [0, 0.1) is 12.3 Å². The zero-order valence-corrected chi connectivity index (χ0v) is 8.30. The summed E-state index contributed by atoms with van der Waals surface area (Å²) in [6.45, 7) is 0.154. The molecule has 1 rings (SSSR count). The molecule has 4 heteroatoms. The van der Waals surface area contributed by atoms with Crippen LogP contribution in [-0.2, 0) is 4.79 Å². The average Bonchev–Trinajstić information content (AvgIpc) is 2.18. The summed E-state index contributed by atoms with van der Waals surface area (Å²) in [5.41, 5.74) is 5.80. The second-order valence-electron chi connectivity index (χ2n) is 2.56. The summed E-state index contributed by atoms with van der Waals surface area (Å²) in [7, 11) is 0. The van der Waals surface area contributed by atoms with Crippen molar-refractivity contribution in [2.75, 3.05) is 6.54 Å². The van der Waals surface area contributed by atoms with Crippen molar-refractivity contribution in [1.82, 2.24) is 4.72 Å². The predicted molar refractivity (Wildman–Crippen MR) is 57.4 cm³/mol. The Bertz CT molecular complexity index is 353. The second-order valence-corrected chi connectivity index (χ2v) is 3.52. The topological polar surface area (TPSA) is 55.1 Å². The molecule has 14 heavy (non-hydrogen) atoms. The largest absolute Gasteiger partial charge is 0.369 e. The first kappa shape index (κ1) is 10.6. The minimum Gasteiger partial charge on any atom is -0.369 e. The Morgan fingerprint density at radius 3 is 2.64 bits per heavy atom. The van der Waals surface area contributed by atoms with Gasteiger partial charge in [0.1, 0.15) is 0 Å². The zero-order valence-electron chi connectivity index (χ0n) is 7.49. The lowest BCUT2D eigenvalue weighted by molar-refractivity contribution is -0.116. The van der Waals surface area contributed by atoms with E-state index in [1.54, 1.807) is 0 Å². The molecule has 0 saturated heterocycles. The van der Waals surface area contributed by atoms with E-state index in [1.807, 2.05) is 24.3 Å². The van der Waals surface area contributed by atoms with Gasteiger partial charge in [-0.25, -0.2) is 0 Å². The molecule has 0 bridgehead atoms. The normalized spacial score (nSPS) is 9.36. The molecular formula is C10H10N2OS. The minimum atomic E-state index is -0.377. The summed E-state index contributed by atoms with van der Waals surface area (Å²) in [5, 5.41) is 0. The van der Waals surface area contributed by atoms with Crippen LogP contribution in [0.5, 0.6) is 0 Å². The Kier molecular flexibility index (Phi) is 4.05. The molecule has 0 radical (unpaired) electrons. The molecule has 0 aliphatic rings. The maximum Gasteiger partial charge on any atom is 0.232 e. The van der Waals surface area contributed by atoms with E-state index >= 15 is 0 Å². The number of rotatable bonds is 4. The van der Waals surface area contributed by atoms with Crippen molar-refractivity contribution in [3.63, 3.8) is 0 Å². The quantitative estimate of drug-likeness (QED) is 0.564. The summed E-state index contributed by atoms with van der Waals surface area (Å²) >= 11 is 1.35. The van der Waals surface area contributed by atoms with Gasteiger partial charge in [0.15, 0.2) is 0 Å². The van der Waals surface area contributed by atoms with E-state index in [9.17, 15) is 4.79 Å². The molecule has 1 aromatic carbocycles. The van der Waals surface area contributed by atoms with Gasteiger partial charge in [-0.1, -0.05) is 5.92 Å². The second kappa shape index (κ2) is 5.32. The predicted octanol–water partition coefficient (Wildman–Crippen LogP) is 0.750. The number of benzene rings is 1. The Labute approximate surface area is 87.2 Å². The Hall–Kier alpha value is -1.44. The number of nitrogens with two attached hydrogens (primary N) is 1.